The Morgan fingerprint density at radius 3 is 3.27 bits per heavy atom. The molecular formula is C8H8FNO. The van der Waals surface area contributed by atoms with Gasteiger partial charge in [0, 0.05) is 12.1 Å². The van der Waals surface area contributed by atoms with Gasteiger partial charge in [-0.05, 0) is 18.2 Å². The van der Waals surface area contributed by atoms with Gasteiger partial charge in [-0.15, -0.1) is 0 Å². The molecule has 1 aliphatic heterocycles. The Morgan fingerprint density at radius 1 is 1.45 bits per heavy atom. The molecule has 1 aliphatic rings. The van der Waals surface area contributed by atoms with E-state index >= 15 is 0 Å². The van der Waals surface area contributed by atoms with Crippen LogP contribution < -0.4 is 10.1 Å². The van der Waals surface area contributed by atoms with Crippen LogP contribution in [0.2, 0.25) is 0 Å². The van der Waals surface area contributed by atoms with E-state index in [1.165, 1.54) is 12.1 Å². The third-order valence-electron chi connectivity index (χ3n) is 1.67. The zero-order valence-electron chi connectivity index (χ0n) is 5.93. The Kier molecular flexibility index (Phi) is 1.51. The quantitative estimate of drug-likeness (QED) is 0.606. The van der Waals surface area contributed by atoms with Crippen molar-refractivity contribution in [3.63, 3.8) is 0 Å². The van der Waals surface area contributed by atoms with E-state index in [0.29, 0.717) is 13.3 Å². The molecule has 0 radical (unpaired) electrons. The fourth-order valence-corrected chi connectivity index (χ4v) is 1.14. The van der Waals surface area contributed by atoms with E-state index in [2.05, 4.69) is 5.32 Å². The summed E-state index contributed by atoms with van der Waals surface area (Å²) in [6.07, 6.45) is 0. The minimum Gasteiger partial charge on any atom is -0.478 e. The van der Waals surface area contributed by atoms with Crippen LogP contribution in [0, 0.1) is 5.82 Å². The molecule has 0 aromatic heterocycles. The van der Waals surface area contributed by atoms with E-state index in [0.717, 1.165) is 11.3 Å². The summed E-state index contributed by atoms with van der Waals surface area (Å²) in [4.78, 5) is 0. The predicted molar refractivity (Wildman–Crippen MR) is 38.7 cm³/mol. The van der Waals surface area contributed by atoms with E-state index in [4.69, 9.17) is 4.74 Å². The highest BCUT2D eigenvalue weighted by atomic mass is 19.1. The van der Waals surface area contributed by atoms with Crippen molar-refractivity contribution in [3.8, 4) is 5.75 Å². The van der Waals surface area contributed by atoms with Gasteiger partial charge >= 0.3 is 0 Å². The van der Waals surface area contributed by atoms with Crippen LogP contribution in [0.15, 0.2) is 18.2 Å². The first-order valence-corrected chi connectivity index (χ1v) is 3.48. The molecule has 0 saturated heterocycles. The monoisotopic (exact) mass is 153 g/mol. The first kappa shape index (κ1) is 6.61. The molecule has 1 aromatic carbocycles. The van der Waals surface area contributed by atoms with Gasteiger partial charge in [-0.3, -0.25) is 5.32 Å². The van der Waals surface area contributed by atoms with Gasteiger partial charge in [0.25, 0.3) is 0 Å². The average molecular weight is 153 g/mol. The van der Waals surface area contributed by atoms with Crippen molar-refractivity contribution in [1.29, 1.82) is 0 Å². The van der Waals surface area contributed by atoms with Gasteiger partial charge < -0.3 is 4.74 Å². The second-order valence-corrected chi connectivity index (χ2v) is 2.47. The molecule has 0 bridgehead atoms. The molecule has 0 aliphatic carbocycles. The van der Waals surface area contributed by atoms with Crippen molar-refractivity contribution in [3.05, 3.63) is 29.6 Å². The van der Waals surface area contributed by atoms with Crippen LogP contribution in [0.4, 0.5) is 4.39 Å². The third-order valence-corrected chi connectivity index (χ3v) is 1.67. The lowest BCUT2D eigenvalue weighted by Gasteiger charge is -2.17. The van der Waals surface area contributed by atoms with E-state index in [-0.39, 0.29) is 5.82 Å². The van der Waals surface area contributed by atoms with Gasteiger partial charge in [-0.1, -0.05) is 0 Å². The summed E-state index contributed by atoms with van der Waals surface area (Å²) in [6.45, 7) is 1.20. The van der Waals surface area contributed by atoms with E-state index in [1.807, 2.05) is 0 Å². The molecule has 0 amide bonds. The Bertz CT molecular complexity index is 275. The van der Waals surface area contributed by atoms with Crippen molar-refractivity contribution in [2.24, 2.45) is 0 Å². The van der Waals surface area contributed by atoms with Crippen molar-refractivity contribution in [2.75, 3.05) is 6.73 Å². The van der Waals surface area contributed by atoms with Crippen LogP contribution in [0.25, 0.3) is 0 Å². The van der Waals surface area contributed by atoms with E-state index in [9.17, 15) is 4.39 Å². The van der Waals surface area contributed by atoms with E-state index < -0.39 is 0 Å². The van der Waals surface area contributed by atoms with Crippen molar-refractivity contribution < 1.29 is 9.13 Å². The molecule has 0 spiro atoms. The SMILES string of the molecule is Fc1ccc2c(c1)CNCO2. The molecule has 0 atom stereocenters. The molecule has 3 heteroatoms. The average Bonchev–Trinajstić information content (AvgIpc) is 2.04. The lowest BCUT2D eigenvalue weighted by Crippen LogP contribution is -2.25. The Morgan fingerprint density at radius 2 is 2.36 bits per heavy atom. The van der Waals surface area contributed by atoms with Crippen molar-refractivity contribution in [1.82, 2.24) is 5.32 Å². The van der Waals surface area contributed by atoms with Crippen LogP contribution in [-0.4, -0.2) is 6.73 Å². The highest BCUT2D eigenvalue weighted by Gasteiger charge is 2.08. The highest BCUT2D eigenvalue weighted by Crippen LogP contribution is 2.21. The zero-order chi connectivity index (χ0) is 7.68. The number of benzene rings is 1. The smallest absolute Gasteiger partial charge is 0.139 e. The van der Waals surface area contributed by atoms with Gasteiger partial charge in [-0.25, -0.2) is 4.39 Å². The van der Waals surface area contributed by atoms with E-state index in [1.54, 1.807) is 6.07 Å². The van der Waals surface area contributed by atoms with Crippen molar-refractivity contribution >= 4 is 0 Å². The van der Waals surface area contributed by atoms with Gasteiger partial charge in [0.15, 0.2) is 0 Å². The number of hydrogen-bond donors (Lipinski definition) is 1. The molecule has 0 fully saturated rings. The molecule has 1 heterocycles. The molecule has 1 N–H and O–H groups in total. The lowest BCUT2D eigenvalue weighted by molar-refractivity contribution is 0.256. The van der Waals surface area contributed by atoms with Gasteiger partial charge in [0.2, 0.25) is 0 Å². The van der Waals surface area contributed by atoms with Crippen LogP contribution in [0.5, 0.6) is 5.75 Å². The topological polar surface area (TPSA) is 21.3 Å². The number of nitrogens with one attached hydrogen (secondary N) is 1. The lowest BCUT2D eigenvalue weighted by atomic mass is 10.2. The highest BCUT2D eigenvalue weighted by molar-refractivity contribution is 5.34. The molecule has 11 heavy (non-hydrogen) atoms. The minimum atomic E-state index is -0.212. The summed E-state index contributed by atoms with van der Waals surface area (Å²) >= 11 is 0. The van der Waals surface area contributed by atoms with Crippen LogP contribution in [0.3, 0.4) is 0 Å². The maximum absolute atomic E-state index is 12.6. The number of rotatable bonds is 0. The molecule has 1 aromatic rings. The molecule has 58 valence electrons. The molecular weight excluding hydrogens is 145 g/mol. The van der Waals surface area contributed by atoms with Gasteiger partial charge in [0.1, 0.15) is 18.3 Å². The Balaban J connectivity index is 2.43. The fraction of sp³-hybridized carbons (Fsp3) is 0.250. The maximum atomic E-state index is 12.6. The van der Waals surface area contributed by atoms with Crippen LogP contribution in [-0.2, 0) is 6.54 Å². The third kappa shape index (κ3) is 1.19. The van der Waals surface area contributed by atoms with Gasteiger partial charge in [-0.2, -0.15) is 0 Å². The zero-order valence-corrected chi connectivity index (χ0v) is 5.93. The summed E-state index contributed by atoms with van der Waals surface area (Å²) in [5.74, 6) is 0.571. The second-order valence-electron chi connectivity index (χ2n) is 2.47. The summed E-state index contributed by atoms with van der Waals surface area (Å²) in [7, 11) is 0. The van der Waals surface area contributed by atoms with Gasteiger partial charge in [0.05, 0.1) is 0 Å². The predicted octanol–water partition coefficient (Wildman–Crippen LogP) is 1.27. The number of ether oxygens (including phenoxy) is 1. The Labute approximate surface area is 64.0 Å². The molecule has 0 saturated carbocycles. The summed E-state index contributed by atoms with van der Waals surface area (Å²) in [5, 5.41) is 2.98. The number of halogens is 1. The first-order chi connectivity index (χ1) is 5.36. The Hall–Kier alpha value is -1.09. The number of hydrogen-bond acceptors (Lipinski definition) is 2. The minimum absolute atomic E-state index is 0.212. The number of fused-ring (bicyclic) bond motifs is 1. The normalized spacial score (nSPS) is 15.4. The van der Waals surface area contributed by atoms with Crippen LogP contribution >= 0.6 is 0 Å². The standard InChI is InChI=1S/C8H8FNO/c9-7-1-2-8-6(3-7)4-10-5-11-8/h1-3,10H,4-5H2. The summed E-state index contributed by atoms with van der Waals surface area (Å²) < 4.78 is 17.8. The second kappa shape index (κ2) is 2.51. The fourth-order valence-electron chi connectivity index (χ4n) is 1.14. The summed E-state index contributed by atoms with van der Waals surface area (Å²) in [6, 6.07) is 4.55. The maximum Gasteiger partial charge on any atom is 0.139 e. The largest absolute Gasteiger partial charge is 0.478 e. The van der Waals surface area contributed by atoms with Crippen LogP contribution in [0.1, 0.15) is 5.56 Å². The summed E-state index contributed by atoms with van der Waals surface area (Å²) in [5.41, 5.74) is 0.885. The first-order valence-electron chi connectivity index (χ1n) is 3.48. The molecule has 2 rings (SSSR count). The van der Waals surface area contributed by atoms with Crippen molar-refractivity contribution in [2.45, 2.75) is 6.54 Å². The molecule has 0 unspecified atom stereocenters. The molecule has 2 nitrogen and oxygen atoms in total.